The third-order valence-corrected chi connectivity index (χ3v) is 6.51. The second-order valence-corrected chi connectivity index (χ2v) is 9.14. The summed E-state index contributed by atoms with van der Waals surface area (Å²) in [6.45, 7) is 2.90. The Morgan fingerprint density at radius 2 is 2.15 bits per heavy atom. The highest BCUT2D eigenvalue weighted by atomic mass is 32.2. The largest absolute Gasteiger partial charge is 0.342 e. The molecule has 1 fully saturated rings. The van der Waals surface area contributed by atoms with E-state index in [1.54, 1.807) is 0 Å². The minimum Gasteiger partial charge on any atom is -0.342 e. The van der Waals surface area contributed by atoms with Crippen molar-refractivity contribution in [1.29, 1.82) is 0 Å². The maximum Gasteiger partial charge on any atom is 0.278 e. The Labute approximate surface area is 160 Å². The molecule has 0 saturated carbocycles. The van der Waals surface area contributed by atoms with Crippen LogP contribution in [0.2, 0.25) is 0 Å². The first kappa shape index (κ1) is 19.8. The van der Waals surface area contributed by atoms with Crippen molar-refractivity contribution in [3.05, 3.63) is 29.6 Å². The van der Waals surface area contributed by atoms with E-state index in [0.717, 1.165) is 40.4 Å². The second kappa shape index (κ2) is 7.95. The van der Waals surface area contributed by atoms with Crippen LogP contribution in [0.15, 0.2) is 18.2 Å². The lowest BCUT2D eigenvalue weighted by Gasteiger charge is -2.36. The van der Waals surface area contributed by atoms with Crippen molar-refractivity contribution in [2.45, 2.75) is 38.6 Å². The molecule has 2 aromatic rings. The Hall–Kier alpha value is -1.97. The SMILES string of the molecule is Cc1nc2ccc(C(=O)N3CCCC[C@H]3CCNS(=O)(=O)N(C)C)cc2[nH]1. The van der Waals surface area contributed by atoms with E-state index in [1.807, 2.05) is 30.0 Å². The van der Waals surface area contributed by atoms with Gasteiger partial charge in [0, 0.05) is 38.8 Å². The first-order valence-corrected chi connectivity index (χ1v) is 10.7. The zero-order valence-electron chi connectivity index (χ0n) is 16.0. The number of amides is 1. The van der Waals surface area contributed by atoms with Crippen molar-refractivity contribution in [3.8, 4) is 0 Å². The molecule has 1 aromatic heterocycles. The zero-order chi connectivity index (χ0) is 19.6. The first-order chi connectivity index (χ1) is 12.8. The highest BCUT2D eigenvalue weighted by molar-refractivity contribution is 7.87. The third-order valence-electron chi connectivity index (χ3n) is 4.98. The highest BCUT2D eigenvalue weighted by Gasteiger charge is 2.28. The van der Waals surface area contributed by atoms with Crippen molar-refractivity contribution in [2.24, 2.45) is 0 Å². The van der Waals surface area contributed by atoms with Crippen molar-refractivity contribution >= 4 is 27.1 Å². The summed E-state index contributed by atoms with van der Waals surface area (Å²) in [5.74, 6) is 0.808. The van der Waals surface area contributed by atoms with Gasteiger partial charge in [0.2, 0.25) is 0 Å². The van der Waals surface area contributed by atoms with Gasteiger partial charge in [-0.1, -0.05) is 0 Å². The lowest BCUT2D eigenvalue weighted by molar-refractivity contribution is 0.0604. The van der Waals surface area contributed by atoms with E-state index in [4.69, 9.17) is 0 Å². The van der Waals surface area contributed by atoms with Crippen molar-refractivity contribution in [1.82, 2.24) is 23.9 Å². The third kappa shape index (κ3) is 4.48. The van der Waals surface area contributed by atoms with E-state index in [1.165, 1.54) is 14.1 Å². The predicted molar refractivity (Wildman–Crippen MR) is 105 cm³/mol. The van der Waals surface area contributed by atoms with Gasteiger partial charge in [0.25, 0.3) is 16.1 Å². The molecule has 1 atom stereocenters. The number of H-pyrrole nitrogens is 1. The van der Waals surface area contributed by atoms with Crippen LogP contribution in [0.5, 0.6) is 0 Å². The fourth-order valence-corrected chi connectivity index (χ4v) is 4.12. The maximum atomic E-state index is 13.1. The maximum absolute atomic E-state index is 13.1. The average Bonchev–Trinajstić information content (AvgIpc) is 3.00. The monoisotopic (exact) mass is 393 g/mol. The summed E-state index contributed by atoms with van der Waals surface area (Å²) in [6.07, 6.45) is 3.51. The number of imidazole rings is 1. The van der Waals surface area contributed by atoms with E-state index < -0.39 is 10.2 Å². The van der Waals surface area contributed by atoms with Crippen LogP contribution >= 0.6 is 0 Å². The molecule has 1 saturated heterocycles. The number of carbonyl (C=O) groups is 1. The summed E-state index contributed by atoms with van der Waals surface area (Å²) in [4.78, 5) is 22.5. The van der Waals surface area contributed by atoms with Gasteiger partial charge < -0.3 is 9.88 Å². The van der Waals surface area contributed by atoms with Gasteiger partial charge in [-0.25, -0.2) is 9.71 Å². The smallest absolute Gasteiger partial charge is 0.278 e. The number of fused-ring (bicyclic) bond motifs is 1. The van der Waals surface area contributed by atoms with Gasteiger partial charge in [0.15, 0.2) is 0 Å². The van der Waals surface area contributed by atoms with Crippen LogP contribution in [-0.4, -0.2) is 66.7 Å². The van der Waals surface area contributed by atoms with E-state index in [9.17, 15) is 13.2 Å². The molecule has 1 amide bonds. The zero-order valence-corrected chi connectivity index (χ0v) is 16.8. The van der Waals surface area contributed by atoms with E-state index >= 15 is 0 Å². The van der Waals surface area contributed by atoms with Crippen LogP contribution in [0.25, 0.3) is 11.0 Å². The predicted octanol–water partition coefficient (Wildman–Crippen LogP) is 1.65. The minimum absolute atomic E-state index is 0.00989. The quantitative estimate of drug-likeness (QED) is 0.780. The molecule has 8 nitrogen and oxygen atoms in total. The van der Waals surface area contributed by atoms with Crippen LogP contribution in [-0.2, 0) is 10.2 Å². The van der Waals surface area contributed by atoms with E-state index in [2.05, 4.69) is 14.7 Å². The summed E-state index contributed by atoms with van der Waals surface area (Å²) in [6, 6.07) is 5.55. The Morgan fingerprint density at radius 3 is 2.89 bits per heavy atom. The summed E-state index contributed by atoms with van der Waals surface area (Å²) < 4.78 is 27.5. The molecule has 27 heavy (non-hydrogen) atoms. The van der Waals surface area contributed by atoms with Gasteiger partial charge in [-0.15, -0.1) is 0 Å². The molecular formula is C18H27N5O3S. The standard InChI is InChI=1S/C18H27N5O3S/c1-13-20-16-8-7-14(12-17(16)21-13)18(24)23-11-5-4-6-15(23)9-10-19-27(25,26)22(2)3/h7-8,12,15,19H,4-6,9-11H2,1-3H3,(H,20,21)/t15-/m0/s1. The van der Waals surface area contributed by atoms with Gasteiger partial charge in [-0.3, -0.25) is 4.79 Å². The first-order valence-electron chi connectivity index (χ1n) is 9.22. The van der Waals surface area contributed by atoms with Gasteiger partial charge in [-0.2, -0.15) is 12.7 Å². The van der Waals surface area contributed by atoms with Gasteiger partial charge in [-0.05, 0) is 50.8 Å². The van der Waals surface area contributed by atoms with Gasteiger partial charge in [0.05, 0.1) is 11.0 Å². The summed E-state index contributed by atoms with van der Waals surface area (Å²) >= 11 is 0. The number of aryl methyl sites for hydroxylation is 1. The Bertz CT molecular complexity index is 922. The second-order valence-electron chi connectivity index (χ2n) is 7.17. The van der Waals surface area contributed by atoms with Crippen molar-refractivity contribution < 1.29 is 13.2 Å². The number of nitrogens with one attached hydrogen (secondary N) is 2. The molecule has 1 aromatic carbocycles. The van der Waals surface area contributed by atoms with E-state index in [-0.39, 0.29) is 11.9 Å². The number of benzene rings is 1. The fraction of sp³-hybridized carbons (Fsp3) is 0.556. The molecular weight excluding hydrogens is 366 g/mol. The van der Waals surface area contributed by atoms with Crippen LogP contribution < -0.4 is 4.72 Å². The number of hydrogen-bond acceptors (Lipinski definition) is 4. The number of aromatic amines is 1. The van der Waals surface area contributed by atoms with Gasteiger partial charge in [0.1, 0.15) is 5.82 Å². The lowest BCUT2D eigenvalue weighted by atomic mass is 9.98. The molecule has 148 valence electrons. The average molecular weight is 394 g/mol. The van der Waals surface area contributed by atoms with Crippen molar-refractivity contribution in [2.75, 3.05) is 27.2 Å². The number of likely N-dealkylation sites (tertiary alicyclic amines) is 1. The molecule has 0 unspecified atom stereocenters. The molecule has 9 heteroatoms. The molecule has 0 bridgehead atoms. The molecule has 1 aliphatic heterocycles. The van der Waals surface area contributed by atoms with Crippen LogP contribution in [0.4, 0.5) is 0 Å². The molecule has 0 aliphatic carbocycles. The molecule has 2 N–H and O–H groups in total. The number of piperidine rings is 1. The normalized spacial score (nSPS) is 18.4. The van der Waals surface area contributed by atoms with Crippen molar-refractivity contribution in [3.63, 3.8) is 0 Å². The molecule has 1 aliphatic rings. The Morgan fingerprint density at radius 1 is 1.37 bits per heavy atom. The summed E-state index contributed by atoms with van der Waals surface area (Å²) in [5, 5.41) is 0. The number of nitrogens with zero attached hydrogens (tertiary/aromatic N) is 3. The molecule has 2 heterocycles. The number of hydrogen-bond donors (Lipinski definition) is 2. The number of carbonyl (C=O) groups excluding carboxylic acids is 1. The number of aromatic nitrogens is 2. The fourth-order valence-electron chi connectivity index (χ4n) is 3.49. The summed E-state index contributed by atoms with van der Waals surface area (Å²) in [7, 11) is -0.458. The highest BCUT2D eigenvalue weighted by Crippen LogP contribution is 2.23. The van der Waals surface area contributed by atoms with Crippen LogP contribution in [0.3, 0.4) is 0 Å². The Balaban J connectivity index is 1.70. The minimum atomic E-state index is -3.44. The molecule has 0 spiro atoms. The summed E-state index contributed by atoms with van der Waals surface area (Å²) in [5.41, 5.74) is 2.33. The van der Waals surface area contributed by atoms with E-state index in [0.29, 0.717) is 25.1 Å². The topological polar surface area (TPSA) is 98.4 Å². The van der Waals surface area contributed by atoms with Gasteiger partial charge >= 0.3 is 0 Å². The molecule has 0 radical (unpaired) electrons. The Kier molecular flexibility index (Phi) is 5.83. The lowest BCUT2D eigenvalue weighted by Crippen LogP contribution is -2.46. The number of rotatable bonds is 6. The molecule has 3 rings (SSSR count). The van der Waals surface area contributed by atoms with Crippen LogP contribution in [0, 0.1) is 6.92 Å². The van der Waals surface area contributed by atoms with Crippen LogP contribution in [0.1, 0.15) is 41.9 Å².